The second-order valence-electron chi connectivity index (χ2n) is 7.12. The van der Waals surface area contributed by atoms with Crippen LogP contribution in [0, 0.1) is 5.92 Å². The van der Waals surface area contributed by atoms with E-state index in [-0.39, 0.29) is 18.3 Å². The Hall–Kier alpha value is -1.67. The molecule has 25 heavy (non-hydrogen) atoms. The first-order valence-corrected chi connectivity index (χ1v) is 9.08. The molecule has 8 nitrogen and oxygen atoms in total. The van der Waals surface area contributed by atoms with Gasteiger partial charge in [0, 0.05) is 26.2 Å². The van der Waals surface area contributed by atoms with Gasteiger partial charge >= 0.3 is 0 Å². The minimum atomic E-state index is -0.671. The van der Waals surface area contributed by atoms with Crippen LogP contribution in [0.5, 0.6) is 0 Å². The van der Waals surface area contributed by atoms with Crippen LogP contribution in [-0.4, -0.2) is 83.2 Å². The number of hydrogen-bond acceptors (Lipinski definition) is 5. The van der Waals surface area contributed by atoms with Crippen LogP contribution in [0.3, 0.4) is 0 Å². The van der Waals surface area contributed by atoms with E-state index in [1.165, 1.54) is 12.8 Å². The van der Waals surface area contributed by atoms with Gasteiger partial charge in [0.25, 0.3) is 6.47 Å². The summed E-state index contributed by atoms with van der Waals surface area (Å²) in [5.41, 5.74) is -0.671. The Balaban J connectivity index is 0.000000701. The van der Waals surface area contributed by atoms with E-state index in [2.05, 4.69) is 10.2 Å². The number of hydrogen-bond donors (Lipinski definition) is 3. The maximum absolute atomic E-state index is 12.5. The minimum absolute atomic E-state index is 0.0552. The largest absolute Gasteiger partial charge is 0.483 e. The Labute approximate surface area is 148 Å². The first kappa shape index (κ1) is 19.7. The summed E-state index contributed by atoms with van der Waals surface area (Å²) < 4.78 is 0. The molecule has 0 radical (unpaired) electrons. The van der Waals surface area contributed by atoms with Crippen LogP contribution in [0.1, 0.15) is 38.5 Å². The van der Waals surface area contributed by atoms with Crippen molar-refractivity contribution in [3.8, 4) is 0 Å². The molecule has 2 amide bonds. The molecule has 0 bridgehead atoms. The fourth-order valence-corrected chi connectivity index (χ4v) is 3.89. The number of carboxylic acid groups (broad SMARTS) is 1. The number of piperidine rings is 2. The van der Waals surface area contributed by atoms with Gasteiger partial charge in [0.1, 0.15) is 5.92 Å². The van der Waals surface area contributed by atoms with Crippen LogP contribution < -0.4 is 5.32 Å². The molecule has 1 atom stereocenters. The lowest BCUT2D eigenvalue weighted by Gasteiger charge is -2.41. The molecule has 3 saturated heterocycles. The van der Waals surface area contributed by atoms with Gasteiger partial charge in [-0.05, 0) is 51.6 Å². The van der Waals surface area contributed by atoms with Crippen molar-refractivity contribution in [2.24, 2.45) is 5.92 Å². The number of likely N-dealkylation sites (tertiary alicyclic amines) is 2. The topological polar surface area (TPSA) is 110 Å². The van der Waals surface area contributed by atoms with Gasteiger partial charge in [0.05, 0.1) is 5.60 Å². The SMILES string of the molecule is O=C1NCCCC1C(=O)N1CCC(O)(CN2CCCC2)CC1.O=CO. The summed E-state index contributed by atoms with van der Waals surface area (Å²) in [5, 5.41) is 20.4. The Morgan fingerprint density at radius 2 is 1.80 bits per heavy atom. The number of amides is 2. The van der Waals surface area contributed by atoms with Crippen LogP contribution in [0.2, 0.25) is 0 Å². The number of carbonyl (C=O) groups excluding carboxylic acids is 2. The average molecular weight is 355 g/mol. The molecule has 3 aliphatic rings. The zero-order chi connectivity index (χ0) is 18.3. The zero-order valence-electron chi connectivity index (χ0n) is 14.7. The van der Waals surface area contributed by atoms with E-state index in [9.17, 15) is 14.7 Å². The lowest BCUT2D eigenvalue weighted by molar-refractivity contribution is -0.146. The maximum Gasteiger partial charge on any atom is 0.290 e. The second-order valence-corrected chi connectivity index (χ2v) is 7.12. The molecule has 142 valence electrons. The standard InChI is InChI=1S/C16H27N3O3.CH2O2/c20-14-13(4-3-7-17-14)15(21)19-10-5-16(22,6-11-19)12-18-8-1-2-9-18;2-1-3/h13,22H,1-12H2,(H,17,20);1H,(H,2,3). The van der Waals surface area contributed by atoms with Crippen molar-refractivity contribution in [1.29, 1.82) is 0 Å². The van der Waals surface area contributed by atoms with Crippen LogP contribution in [0.4, 0.5) is 0 Å². The van der Waals surface area contributed by atoms with Gasteiger partial charge in [0.2, 0.25) is 11.8 Å². The lowest BCUT2D eigenvalue weighted by Crippen LogP contribution is -2.54. The minimum Gasteiger partial charge on any atom is -0.483 e. The molecular weight excluding hydrogens is 326 g/mol. The molecule has 0 saturated carbocycles. The summed E-state index contributed by atoms with van der Waals surface area (Å²) in [6.07, 6.45) is 5.19. The predicted molar refractivity (Wildman–Crippen MR) is 90.9 cm³/mol. The summed E-state index contributed by atoms with van der Waals surface area (Å²) in [6, 6.07) is 0. The number of rotatable bonds is 3. The summed E-state index contributed by atoms with van der Waals surface area (Å²) in [4.78, 5) is 36.8. The molecular formula is C17H29N3O5. The van der Waals surface area contributed by atoms with Crippen molar-refractivity contribution in [2.75, 3.05) is 39.3 Å². The second kappa shape index (κ2) is 9.15. The monoisotopic (exact) mass is 355 g/mol. The third-order valence-electron chi connectivity index (χ3n) is 5.31. The molecule has 0 aromatic heterocycles. The lowest BCUT2D eigenvalue weighted by atomic mass is 9.89. The van der Waals surface area contributed by atoms with Gasteiger partial charge in [-0.15, -0.1) is 0 Å². The maximum atomic E-state index is 12.5. The Morgan fingerprint density at radius 1 is 1.20 bits per heavy atom. The van der Waals surface area contributed by atoms with E-state index < -0.39 is 11.5 Å². The summed E-state index contributed by atoms with van der Waals surface area (Å²) in [6.45, 7) is 4.43. The highest BCUT2D eigenvalue weighted by Crippen LogP contribution is 2.26. The van der Waals surface area contributed by atoms with E-state index in [1.54, 1.807) is 4.90 Å². The molecule has 0 aromatic rings. The third kappa shape index (κ3) is 5.40. The summed E-state index contributed by atoms with van der Waals surface area (Å²) in [7, 11) is 0. The van der Waals surface area contributed by atoms with Crippen molar-refractivity contribution in [2.45, 2.75) is 44.1 Å². The van der Waals surface area contributed by atoms with E-state index >= 15 is 0 Å². The molecule has 3 fully saturated rings. The van der Waals surface area contributed by atoms with Crippen molar-refractivity contribution < 1.29 is 24.6 Å². The van der Waals surface area contributed by atoms with Gasteiger partial charge in [-0.25, -0.2) is 0 Å². The van der Waals surface area contributed by atoms with Gasteiger partial charge in [-0.3, -0.25) is 14.4 Å². The predicted octanol–water partition coefficient (Wildman–Crippen LogP) is -0.337. The average Bonchev–Trinajstić information content (AvgIpc) is 3.08. The Kier molecular flexibility index (Phi) is 7.19. The van der Waals surface area contributed by atoms with Gasteiger partial charge < -0.3 is 25.3 Å². The van der Waals surface area contributed by atoms with Gasteiger partial charge in [-0.1, -0.05) is 0 Å². The molecule has 3 heterocycles. The fraction of sp³-hybridized carbons (Fsp3) is 0.824. The normalized spacial score (nSPS) is 26.4. The van der Waals surface area contributed by atoms with E-state index in [4.69, 9.17) is 9.90 Å². The smallest absolute Gasteiger partial charge is 0.290 e. The van der Waals surface area contributed by atoms with Crippen molar-refractivity contribution >= 4 is 18.3 Å². The molecule has 3 rings (SSSR count). The third-order valence-corrected chi connectivity index (χ3v) is 5.31. The van der Waals surface area contributed by atoms with Crippen LogP contribution in [0.15, 0.2) is 0 Å². The highest BCUT2D eigenvalue weighted by molar-refractivity contribution is 6.00. The van der Waals surface area contributed by atoms with Crippen LogP contribution in [-0.2, 0) is 14.4 Å². The van der Waals surface area contributed by atoms with E-state index in [0.717, 1.165) is 26.1 Å². The zero-order valence-corrected chi connectivity index (χ0v) is 14.7. The van der Waals surface area contributed by atoms with E-state index in [1.807, 2.05) is 0 Å². The Morgan fingerprint density at radius 3 is 2.36 bits per heavy atom. The number of carbonyl (C=O) groups is 3. The molecule has 3 N–H and O–H groups in total. The number of β-amino-alcohol motifs (C(OH)–C–C–N with tert-alkyl or cyclic N) is 1. The van der Waals surface area contributed by atoms with E-state index in [0.29, 0.717) is 38.9 Å². The summed E-state index contributed by atoms with van der Waals surface area (Å²) in [5.74, 6) is -0.701. The number of aliphatic hydroxyl groups is 1. The van der Waals surface area contributed by atoms with Crippen molar-refractivity contribution in [1.82, 2.24) is 15.1 Å². The van der Waals surface area contributed by atoms with Crippen molar-refractivity contribution in [3.05, 3.63) is 0 Å². The fourth-order valence-electron chi connectivity index (χ4n) is 3.89. The Bertz CT molecular complexity index is 471. The van der Waals surface area contributed by atoms with Crippen LogP contribution >= 0.6 is 0 Å². The number of nitrogens with one attached hydrogen (secondary N) is 1. The van der Waals surface area contributed by atoms with Gasteiger partial charge in [-0.2, -0.15) is 0 Å². The first-order valence-electron chi connectivity index (χ1n) is 9.08. The molecule has 0 aromatic carbocycles. The molecule has 3 aliphatic heterocycles. The molecule has 1 unspecified atom stereocenters. The quantitative estimate of drug-likeness (QED) is 0.472. The molecule has 0 aliphatic carbocycles. The summed E-state index contributed by atoms with van der Waals surface area (Å²) >= 11 is 0. The first-order chi connectivity index (χ1) is 12.0. The number of nitrogens with zero attached hydrogens (tertiary/aromatic N) is 2. The molecule has 8 heteroatoms. The highest BCUT2D eigenvalue weighted by atomic mass is 16.3. The van der Waals surface area contributed by atoms with Crippen molar-refractivity contribution in [3.63, 3.8) is 0 Å². The van der Waals surface area contributed by atoms with Crippen LogP contribution in [0.25, 0.3) is 0 Å². The highest BCUT2D eigenvalue weighted by Gasteiger charge is 2.39. The molecule has 0 spiro atoms. The van der Waals surface area contributed by atoms with Gasteiger partial charge in [0.15, 0.2) is 0 Å².